The number of amides is 3. The molecule has 0 aromatic carbocycles. The molecule has 0 bridgehead atoms. The number of hydrogen-bond acceptors (Lipinski definition) is 3. The van der Waals surface area contributed by atoms with Gasteiger partial charge in [0.25, 0.3) is 0 Å². The van der Waals surface area contributed by atoms with Gasteiger partial charge in [0.1, 0.15) is 6.04 Å². The van der Waals surface area contributed by atoms with Crippen LogP contribution in [0.1, 0.15) is 46.0 Å². The standard InChI is InChI=1S/C14H25N3O3/c1-9(2)7-11(14(20)16-8-12(15)18)17-13(19)10-5-3-4-6-10/h9-11H,3-8H2,1-2H3,(H2,15,18)(H,16,20)(H,17,19)/t11-/m0/s1. The van der Waals surface area contributed by atoms with Gasteiger partial charge in [-0.3, -0.25) is 14.4 Å². The van der Waals surface area contributed by atoms with Gasteiger partial charge in [-0.15, -0.1) is 0 Å². The normalized spacial score (nSPS) is 16.9. The van der Waals surface area contributed by atoms with Crippen LogP contribution >= 0.6 is 0 Å². The zero-order chi connectivity index (χ0) is 15.1. The molecule has 0 aromatic heterocycles. The molecule has 0 unspecified atom stereocenters. The van der Waals surface area contributed by atoms with E-state index in [-0.39, 0.29) is 30.2 Å². The van der Waals surface area contributed by atoms with Gasteiger partial charge in [0.2, 0.25) is 17.7 Å². The fourth-order valence-corrected chi connectivity index (χ4v) is 2.48. The Morgan fingerprint density at radius 3 is 2.30 bits per heavy atom. The maximum Gasteiger partial charge on any atom is 0.243 e. The summed E-state index contributed by atoms with van der Waals surface area (Å²) in [6, 6.07) is -0.595. The maximum atomic E-state index is 12.1. The molecule has 1 fully saturated rings. The van der Waals surface area contributed by atoms with Crippen molar-refractivity contribution in [3.05, 3.63) is 0 Å². The molecule has 6 heteroatoms. The zero-order valence-electron chi connectivity index (χ0n) is 12.3. The van der Waals surface area contributed by atoms with E-state index in [0.29, 0.717) is 6.42 Å². The van der Waals surface area contributed by atoms with E-state index in [0.717, 1.165) is 25.7 Å². The minimum absolute atomic E-state index is 0.0219. The lowest BCUT2D eigenvalue weighted by Crippen LogP contribution is -2.50. The number of primary amides is 1. The SMILES string of the molecule is CC(C)C[C@H](NC(=O)C1CCCC1)C(=O)NCC(N)=O. The molecule has 1 aliphatic rings. The summed E-state index contributed by atoms with van der Waals surface area (Å²) in [7, 11) is 0. The highest BCUT2D eigenvalue weighted by atomic mass is 16.2. The maximum absolute atomic E-state index is 12.1. The third-order valence-electron chi connectivity index (χ3n) is 3.50. The Hall–Kier alpha value is -1.59. The second-order valence-corrected chi connectivity index (χ2v) is 5.86. The predicted molar refractivity (Wildman–Crippen MR) is 75.5 cm³/mol. The first-order chi connectivity index (χ1) is 9.40. The molecule has 0 spiro atoms. The number of rotatable bonds is 7. The molecule has 0 radical (unpaired) electrons. The van der Waals surface area contributed by atoms with E-state index in [1.165, 1.54) is 0 Å². The molecule has 20 heavy (non-hydrogen) atoms. The van der Waals surface area contributed by atoms with Gasteiger partial charge >= 0.3 is 0 Å². The van der Waals surface area contributed by atoms with Crippen LogP contribution < -0.4 is 16.4 Å². The largest absolute Gasteiger partial charge is 0.368 e. The monoisotopic (exact) mass is 283 g/mol. The van der Waals surface area contributed by atoms with Crippen molar-refractivity contribution in [2.24, 2.45) is 17.6 Å². The fraction of sp³-hybridized carbons (Fsp3) is 0.786. The van der Waals surface area contributed by atoms with Crippen LogP contribution in [-0.2, 0) is 14.4 Å². The molecule has 1 saturated carbocycles. The summed E-state index contributed by atoms with van der Waals surface area (Å²) >= 11 is 0. The first-order valence-electron chi connectivity index (χ1n) is 7.26. The van der Waals surface area contributed by atoms with E-state index in [9.17, 15) is 14.4 Å². The number of nitrogens with one attached hydrogen (secondary N) is 2. The third kappa shape index (κ3) is 5.59. The summed E-state index contributed by atoms with van der Waals surface area (Å²) in [5, 5.41) is 5.27. The van der Waals surface area contributed by atoms with Crippen molar-refractivity contribution in [3.63, 3.8) is 0 Å². The first kappa shape index (κ1) is 16.5. The Kier molecular flexibility index (Phi) is 6.48. The molecular formula is C14H25N3O3. The van der Waals surface area contributed by atoms with Crippen LogP contribution in [0, 0.1) is 11.8 Å². The van der Waals surface area contributed by atoms with Crippen molar-refractivity contribution in [2.75, 3.05) is 6.54 Å². The van der Waals surface area contributed by atoms with Gasteiger partial charge in [-0.1, -0.05) is 26.7 Å². The lowest BCUT2D eigenvalue weighted by Gasteiger charge is -2.21. The number of nitrogens with two attached hydrogens (primary N) is 1. The Balaban J connectivity index is 2.55. The molecule has 1 aliphatic carbocycles. The number of hydrogen-bond donors (Lipinski definition) is 3. The third-order valence-corrected chi connectivity index (χ3v) is 3.50. The highest BCUT2D eigenvalue weighted by Gasteiger charge is 2.27. The molecule has 0 aliphatic heterocycles. The predicted octanol–water partition coefficient (Wildman–Crippen LogP) is 0.309. The smallest absolute Gasteiger partial charge is 0.243 e. The molecule has 1 rings (SSSR count). The van der Waals surface area contributed by atoms with Gasteiger partial charge in [-0.25, -0.2) is 0 Å². The Morgan fingerprint density at radius 2 is 1.80 bits per heavy atom. The summed E-state index contributed by atoms with van der Waals surface area (Å²) in [5.41, 5.74) is 5.00. The number of carbonyl (C=O) groups excluding carboxylic acids is 3. The highest BCUT2D eigenvalue weighted by Crippen LogP contribution is 2.25. The first-order valence-corrected chi connectivity index (χ1v) is 7.26. The molecule has 114 valence electrons. The van der Waals surface area contributed by atoms with Gasteiger partial charge in [0.15, 0.2) is 0 Å². The summed E-state index contributed by atoms with van der Waals surface area (Å²) in [6.07, 6.45) is 4.47. The van der Waals surface area contributed by atoms with Crippen LogP contribution in [0.25, 0.3) is 0 Å². The van der Waals surface area contributed by atoms with E-state index in [1.54, 1.807) is 0 Å². The van der Waals surface area contributed by atoms with Crippen molar-refractivity contribution in [1.82, 2.24) is 10.6 Å². The average Bonchev–Trinajstić information content (AvgIpc) is 2.88. The lowest BCUT2D eigenvalue weighted by molar-refractivity contribution is -0.132. The average molecular weight is 283 g/mol. The Morgan fingerprint density at radius 1 is 1.20 bits per heavy atom. The zero-order valence-corrected chi connectivity index (χ0v) is 12.3. The van der Waals surface area contributed by atoms with Crippen LogP contribution in [0.2, 0.25) is 0 Å². The second kappa shape index (κ2) is 7.87. The lowest BCUT2D eigenvalue weighted by atomic mass is 10.0. The topological polar surface area (TPSA) is 101 Å². The quantitative estimate of drug-likeness (QED) is 0.626. The van der Waals surface area contributed by atoms with Gasteiger partial charge in [0.05, 0.1) is 6.54 Å². The van der Waals surface area contributed by atoms with E-state index in [2.05, 4.69) is 10.6 Å². The van der Waals surface area contributed by atoms with E-state index >= 15 is 0 Å². The molecular weight excluding hydrogens is 258 g/mol. The van der Waals surface area contributed by atoms with E-state index < -0.39 is 11.9 Å². The van der Waals surface area contributed by atoms with Crippen molar-refractivity contribution in [1.29, 1.82) is 0 Å². The molecule has 0 heterocycles. The van der Waals surface area contributed by atoms with Crippen LogP contribution in [0.5, 0.6) is 0 Å². The summed E-state index contributed by atoms with van der Waals surface area (Å²) in [6.45, 7) is 3.76. The number of carbonyl (C=O) groups is 3. The van der Waals surface area contributed by atoms with Gasteiger partial charge in [-0.2, -0.15) is 0 Å². The minimum Gasteiger partial charge on any atom is -0.368 e. The van der Waals surface area contributed by atoms with Crippen molar-refractivity contribution >= 4 is 17.7 Å². The van der Waals surface area contributed by atoms with Gasteiger partial charge in [0, 0.05) is 5.92 Å². The second-order valence-electron chi connectivity index (χ2n) is 5.86. The molecule has 3 amide bonds. The minimum atomic E-state index is -0.595. The summed E-state index contributed by atoms with van der Waals surface area (Å²) in [4.78, 5) is 34.8. The molecule has 0 aromatic rings. The summed E-state index contributed by atoms with van der Waals surface area (Å²) < 4.78 is 0. The highest BCUT2D eigenvalue weighted by molar-refractivity contribution is 5.90. The van der Waals surface area contributed by atoms with Crippen LogP contribution in [-0.4, -0.2) is 30.3 Å². The van der Waals surface area contributed by atoms with Crippen molar-refractivity contribution in [3.8, 4) is 0 Å². The van der Waals surface area contributed by atoms with Crippen molar-refractivity contribution in [2.45, 2.75) is 52.0 Å². The summed E-state index contributed by atoms with van der Waals surface area (Å²) in [5.74, 6) is -0.702. The molecule has 1 atom stereocenters. The van der Waals surface area contributed by atoms with Crippen LogP contribution in [0.15, 0.2) is 0 Å². The van der Waals surface area contributed by atoms with E-state index in [1.807, 2.05) is 13.8 Å². The Bertz CT molecular complexity index is 363. The molecule has 4 N–H and O–H groups in total. The molecule has 0 saturated heterocycles. The van der Waals surface area contributed by atoms with Gasteiger partial charge < -0.3 is 16.4 Å². The fourth-order valence-electron chi connectivity index (χ4n) is 2.48. The van der Waals surface area contributed by atoms with Crippen LogP contribution in [0.4, 0.5) is 0 Å². The van der Waals surface area contributed by atoms with Crippen molar-refractivity contribution < 1.29 is 14.4 Å². The van der Waals surface area contributed by atoms with Gasteiger partial charge in [-0.05, 0) is 25.2 Å². The molecule has 6 nitrogen and oxygen atoms in total. The van der Waals surface area contributed by atoms with Crippen LogP contribution in [0.3, 0.4) is 0 Å². The van der Waals surface area contributed by atoms with E-state index in [4.69, 9.17) is 5.73 Å². The Labute approximate surface area is 119 Å².